The molecule has 32 heavy (non-hydrogen) atoms. The Morgan fingerprint density at radius 2 is 2.00 bits per heavy atom. The number of rotatable bonds is 7. The quantitative estimate of drug-likeness (QED) is 0.358. The molecule has 0 aliphatic carbocycles. The minimum atomic E-state index is 0.0556. The van der Waals surface area contributed by atoms with Crippen molar-refractivity contribution in [3.8, 4) is 11.3 Å². The summed E-state index contributed by atoms with van der Waals surface area (Å²) in [7, 11) is 0. The number of amides is 1. The Hall–Kier alpha value is -2.67. The number of hydrogen-bond acceptors (Lipinski definition) is 4. The molecule has 0 bridgehead atoms. The number of imidazole rings is 1. The minimum absolute atomic E-state index is 0.0556. The van der Waals surface area contributed by atoms with Gasteiger partial charge in [0.2, 0.25) is 0 Å². The Morgan fingerprint density at radius 3 is 2.75 bits per heavy atom. The molecule has 1 aliphatic heterocycles. The summed E-state index contributed by atoms with van der Waals surface area (Å²) in [5.41, 5.74) is 3.83. The van der Waals surface area contributed by atoms with Gasteiger partial charge in [-0.05, 0) is 37.1 Å². The molecule has 1 aliphatic rings. The zero-order chi connectivity index (χ0) is 21.9. The van der Waals surface area contributed by atoms with Crippen LogP contribution >= 0.6 is 22.9 Å². The lowest BCUT2D eigenvalue weighted by Crippen LogP contribution is -2.38. The number of nitrogens with zero attached hydrogens (tertiary/aromatic N) is 3. The van der Waals surface area contributed by atoms with Gasteiger partial charge in [-0.25, -0.2) is 4.98 Å². The molecular formula is C25H24ClN3O2S. The highest BCUT2D eigenvalue weighted by Gasteiger charge is 2.23. The van der Waals surface area contributed by atoms with E-state index in [-0.39, 0.29) is 12.0 Å². The first kappa shape index (κ1) is 21.2. The van der Waals surface area contributed by atoms with Gasteiger partial charge in [-0.3, -0.25) is 9.20 Å². The highest BCUT2D eigenvalue weighted by molar-refractivity contribution is 7.15. The molecule has 2 aromatic carbocycles. The van der Waals surface area contributed by atoms with Crippen LogP contribution < -0.4 is 0 Å². The second-order valence-corrected chi connectivity index (χ2v) is 9.29. The standard InChI is InChI=1S/C25H24ClN3O2S/c26-20-10-8-18(9-11-20)23-16-29-21(17-32-25(29)27-23)12-13-28(15-22-7-4-14-31-22)24(30)19-5-2-1-3-6-19/h1-3,5-6,8-11,16-17,22H,4,7,12-15H2. The summed E-state index contributed by atoms with van der Waals surface area (Å²) in [5, 5.41) is 2.84. The fourth-order valence-corrected chi connectivity index (χ4v) is 5.12. The van der Waals surface area contributed by atoms with E-state index < -0.39 is 0 Å². The predicted octanol–water partition coefficient (Wildman–Crippen LogP) is 5.58. The van der Waals surface area contributed by atoms with E-state index in [0.717, 1.165) is 47.8 Å². The molecule has 1 saturated heterocycles. The van der Waals surface area contributed by atoms with Crippen LogP contribution in [0.5, 0.6) is 0 Å². The molecule has 0 spiro atoms. The summed E-state index contributed by atoms with van der Waals surface area (Å²) < 4.78 is 7.95. The molecule has 0 N–H and O–H groups in total. The number of carbonyl (C=O) groups excluding carboxylic acids is 1. The zero-order valence-corrected chi connectivity index (χ0v) is 19.2. The first-order valence-electron chi connectivity index (χ1n) is 10.8. The van der Waals surface area contributed by atoms with Gasteiger partial charge in [-0.1, -0.05) is 41.9 Å². The lowest BCUT2D eigenvalue weighted by Gasteiger charge is -2.25. The fourth-order valence-electron chi connectivity index (χ4n) is 4.09. The maximum absolute atomic E-state index is 13.2. The van der Waals surface area contributed by atoms with Crippen LogP contribution in [0.2, 0.25) is 5.02 Å². The average molecular weight is 466 g/mol. The van der Waals surface area contributed by atoms with Gasteiger partial charge in [0, 0.05) is 59.5 Å². The summed E-state index contributed by atoms with van der Waals surface area (Å²) in [6.07, 6.45) is 5.00. The average Bonchev–Trinajstić information content (AvgIpc) is 3.56. The van der Waals surface area contributed by atoms with Crippen LogP contribution in [-0.4, -0.2) is 46.0 Å². The number of aromatic nitrogens is 2. The van der Waals surface area contributed by atoms with Crippen molar-refractivity contribution in [2.24, 2.45) is 0 Å². The van der Waals surface area contributed by atoms with Crippen molar-refractivity contribution in [3.05, 3.63) is 82.5 Å². The molecule has 7 heteroatoms. The molecule has 164 valence electrons. The smallest absolute Gasteiger partial charge is 0.253 e. The van der Waals surface area contributed by atoms with Crippen LogP contribution in [0, 0.1) is 0 Å². The molecule has 1 atom stereocenters. The molecule has 1 unspecified atom stereocenters. The first-order chi connectivity index (χ1) is 15.7. The van der Waals surface area contributed by atoms with Crippen molar-refractivity contribution < 1.29 is 9.53 Å². The Kier molecular flexibility index (Phi) is 6.26. The van der Waals surface area contributed by atoms with Crippen LogP contribution in [0.15, 0.2) is 66.2 Å². The molecule has 3 heterocycles. The van der Waals surface area contributed by atoms with Gasteiger partial charge in [-0.2, -0.15) is 0 Å². The minimum Gasteiger partial charge on any atom is -0.376 e. The molecule has 5 nitrogen and oxygen atoms in total. The largest absolute Gasteiger partial charge is 0.376 e. The van der Waals surface area contributed by atoms with Crippen molar-refractivity contribution in [1.82, 2.24) is 14.3 Å². The van der Waals surface area contributed by atoms with Gasteiger partial charge in [0.15, 0.2) is 4.96 Å². The SMILES string of the molecule is O=C(c1ccccc1)N(CCc1csc2nc(-c3ccc(Cl)cc3)cn12)CC1CCCO1. The number of fused-ring (bicyclic) bond motifs is 1. The van der Waals surface area contributed by atoms with Gasteiger partial charge in [0.1, 0.15) is 0 Å². The van der Waals surface area contributed by atoms with Gasteiger partial charge in [-0.15, -0.1) is 11.3 Å². The molecule has 0 saturated carbocycles. The van der Waals surface area contributed by atoms with Crippen LogP contribution in [0.4, 0.5) is 0 Å². The van der Waals surface area contributed by atoms with Gasteiger partial charge >= 0.3 is 0 Å². The summed E-state index contributed by atoms with van der Waals surface area (Å²) in [6, 6.07) is 17.2. The van der Waals surface area contributed by atoms with Crippen LogP contribution in [-0.2, 0) is 11.2 Å². The third-order valence-electron chi connectivity index (χ3n) is 5.82. The maximum Gasteiger partial charge on any atom is 0.253 e. The monoisotopic (exact) mass is 465 g/mol. The summed E-state index contributed by atoms with van der Waals surface area (Å²) in [4.78, 5) is 20.9. The number of benzene rings is 2. The summed E-state index contributed by atoms with van der Waals surface area (Å²) in [6.45, 7) is 2.04. The topological polar surface area (TPSA) is 46.8 Å². The second kappa shape index (κ2) is 9.45. The second-order valence-electron chi connectivity index (χ2n) is 8.01. The molecule has 2 aromatic heterocycles. The summed E-state index contributed by atoms with van der Waals surface area (Å²) >= 11 is 7.64. The first-order valence-corrected chi connectivity index (χ1v) is 12.1. The highest BCUT2D eigenvalue weighted by atomic mass is 35.5. The molecular weight excluding hydrogens is 442 g/mol. The zero-order valence-electron chi connectivity index (χ0n) is 17.6. The third kappa shape index (κ3) is 4.58. The van der Waals surface area contributed by atoms with Crippen molar-refractivity contribution in [1.29, 1.82) is 0 Å². The lowest BCUT2D eigenvalue weighted by molar-refractivity contribution is 0.0528. The van der Waals surface area contributed by atoms with Crippen molar-refractivity contribution in [2.45, 2.75) is 25.4 Å². The Bertz CT molecular complexity index is 1200. The number of hydrogen-bond donors (Lipinski definition) is 0. The molecule has 1 fully saturated rings. The Morgan fingerprint density at radius 1 is 1.19 bits per heavy atom. The predicted molar refractivity (Wildman–Crippen MR) is 129 cm³/mol. The molecule has 5 rings (SSSR count). The van der Waals surface area contributed by atoms with Crippen molar-refractivity contribution in [3.63, 3.8) is 0 Å². The van der Waals surface area contributed by atoms with E-state index in [0.29, 0.717) is 23.7 Å². The third-order valence-corrected chi connectivity index (χ3v) is 6.96. The molecule has 0 radical (unpaired) electrons. The van der Waals surface area contributed by atoms with Crippen LogP contribution in [0.3, 0.4) is 0 Å². The van der Waals surface area contributed by atoms with E-state index >= 15 is 0 Å². The number of carbonyl (C=O) groups is 1. The van der Waals surface area contributed by atoms with E-state index in [9.17, 15) is 4.79 Å². The summed E-state index contributed by atoms with van der Waals surface area (Å²) in [5.74, 6) is 0.0556. The van der Waals surface area contributed by atoms with Crippen molar-refractivity contribution in [2.75, 3.05) is 19.7 Å². The van der Waals surface area contributed by atoms with Gasteiger partial charge in [0.25, 0.3) is 5.91 Å². The van der Waals surface area contributed by atoms with Crippen molar-refractivity contribution >= 4 is 33.8 Å². The van der Waals surface area contributed by atoms with E-state index in [2.05, 4.69) is 16.0 Å². The number of halogens is 1. The van der Waals surface area contributed by atoms with Crippen LogP contribution in [0.25, 0.3) is 16.2 Å². The normalized spacial score (nSPS) is 16.0. The number of ether oxygens (including phenoxy) is 1. The van der Waals surface area contributed by atoms with E-state index in [1.807, 2.05) is 59.5 Å². The van der Waals surface area contributed by atoms with E-state index in [1.165, 1.54) is 0 Å². The molecule has 1 amide bonds. The van der Waals surface area contributed by atoms with E-state index in [4.69, 9.17) is 21.3 Å². The number of thiazole rings is 1. The Balaban J connectivity index is 1.35. The fraction of sp³-hybridized carbons (Fsp3) is 0.280. The Labute approximate surface area is 196 Å². The maximum atomic E-state index is 13.2. The molecule has 4 aromatic rings. The van der Waals surface area contributed by atoms with E-state index in [1.54, 1.807) is 11.3 Å². The lowest BCUT2D eigenvalue weighted by atomic mass is 10.1. The highest BCUT2D eigenvalue weighted by Crippen LogP contribution is 2.25. The van der Waals surface area contributed by atoms with Gasteiger partial charge < -0.3 is 9.64 Å². The van der Waals surface area contributed by atoms with Crippen LogP contribution in [0.1, 0.15) is 28.9 Å². The van der Waals surface area contributed by atoms with Gasteiger partial charge in [0.05, 0.1) is 11.8 Å².